The van der Waals surface area contributed by atoms with Crippen LogP contribution in [0.4, 0.5) is 22.0 Å². The summed E-state index contributed by atoms with van der Waals surface area (Å²) < 4.78 is 93.0. The first kappa shape index (κ1) is 31.1. The summed E-state index contributed by atoms with van der Waals surface area (Å²) in [7, 11) is -2.16. The van der Waals surface area contributed by atoms with Gasteiger partial charge < -0.3 is 22.4 Å². The van der Waals surface area contributed by atoms with Gasteiger partial charge in [0.25, 0.3) is 0 Å². The second-order valence-electron chi connectivity index (χ2n) is 11.0. The van der Waals surface area contributed by atoms with Crippen LogP contribution in [0.1, 0.15) is 19.3 Å². The van der Waals surface area contributed by atoms with Crippen molar-refractivity contribution in [2.75, 3.05) is 34.5 Å². The Hall–Kier alpha value is 0.101. The molecule has 1 aliphatic rings. The maximum absolute atomic E-state index is 13.3. The van der Waals surface area contributed by atoms with Crippen molar-refractivity contribution >= 4 is 25.2 Å². The van der Waals surface area contributed by atoms with E-state index in [9.17, 15) is 22.0 Å². The van der Waals surface area contributed by atoms with Gasteiger partial charge in [0.15, 0.2) is 8.32 Å². The van der Waals surface area contributed by atoms with Crippen LogP contribution in [0.3, 0.4) is 0 Å². The summed E-state index contributed by atoms with van der Waals surface area (Å²) in [6, 6.07) is 0.864. The standard InChI is InChI=1S/C20H41F5O5Si3/c1-26-33(27-2,28-3)17-10-12-18(17,15-31(4,5)6)16(30-32(7,8)9)11-13-29-14-19(21,22)20(23,24)25/h16-17H,10-15H2,1-9H3. The highest BCUT2D eigenvalue weighted by Gasteiger charge is 2.66. The van der Waals surface area contributed by atoms with E-state index in [1.54, 1.807) is 21.3 Å². The van der Waals surface area contributed by atoms with Crippen LogP contribution in [-0.4, -0.2) is 77.9 Å². The topological polar surface area (TPSA) is 46.2 Å². The fraction of sp³-hybridized carbons (Fsp3) is 1.00. The number of hydrogen-bond donors (Lipinski definition) is 0. The maximum Gasteiger partial charge on any atom is 0.504 e. The lowest BCUT2D eigenvalue weighted by Gasteiger charge is -2.59. The molecule has 198 valence electrons. The summed E-state index contributed by atoms with van der Waals surface area (Å²) in [5.41, 5.74) is -0.441. The quantitative estimate of drug-likeness (QED) is 0.150. The average Bonchev–Trinajstić information content (AvgIpc) is 2.63. The predicted molar refractivity (Wildman–Crippen MR) is 125 cm³/mol. The molecule has 0 N–H and O–H groups in total. The second-order valence-corrected chi connectivity index (χ2v) is 24.1. The lowest BCUT2D eigenvalue weighted by atomic mass is 9.65. The van der Waals surface area contributed by atoms with E-state index in [1.165, 1.54) is 0 Å². The second kappa shape index (κ2) is 11.0. The molecule has 0 aromatic heterocycles. The van der Waals surface area contributed by atoms with Gasteiger partial charge >= 0.3 is 20.9 Å². The van der Waals surface area contributed by atoms with Gasteiger partial charge in [-0.2, -0.15) is 22.0 Å². The van der Waals surface area contributed by atoms with Crippen LogP contribution in [-0.2, 0) is 22.4 Å². The van der Waals surface area contributed by atoms with Crippen molar-refractivity contribution in [3.63, 3.8) is 0 Å². The Labute approximate surface area is 198 Å². The zero-order valence-electron chi connectivity index (χ0n) is 21.3. The first-order valence-electron chi connectivity index (χ1n) is 11.1. The van der Waals surface area contributed by atoms with Crippen molar-refractivity contribution in [2.24, 2.45) is 5.41 Å². The smallest absolute Gasteiger partial charge is 0.414 e. The summed E-state index contributed by atoms with van der Waals surface area (Å²) in [6.07, 6.45) is -4.19. The van der Waals surface area contributed by atoms with Crippen molar-refractivity contribution in [2.45, 2.75) is 88.3 Å². The van der Waals surface area contributed by atoms with E-state index in [0.717, 1.165) is 18.9 Å². The molecule has 13 heteroatoms. The Morgan fingerprint density at radius 2 is 1.42 bits per heavy atom. The predicted octanol–water partition coefficient (Wildman–Crippen LogP) is 6.18. The zero-order chi connectivity index (χ0) is 25.9. The molecule has 0 saturated heterocycles. The van der Waals surface area contributed by atoms with Crippen molar-refractivity contribution in [1.29, 1.82) is 0 Å². The Morgan fingerprint density at radius 1 is 0.909 bits per heavy atom. The number of ether oxygens (including phenoxy) is 1. The molecule has 0 aromatic carbocycles. The third kappa shape index (κ3) is 7.79. The Kier molecular flexibility index (Phi) is 10.4. The third-order valence-electron chi connectivity index (χ3n) is 6.09. The van der Waals surface area contributed by atoms with Crippen molar-refractivity contribution in [3.8, 4) is 0 Å². The van der Waals surface area contributed by atoms with Gasteiger partial charge in [-0.25, -0.2) is 0 Å². The molecule has 0 aliphatic heterocycles. The molecule has 33 heavy (non-hydrogen) atoms. The monoisotopic (exact) mass is 540 g/mol. The number of hydrogen-bond acceptors (Lipinski definition) is 5. The van der Waals surface area contributed by atoms with Crippen LogP contribution in [0.2, 0.25) is 50.9 Å². The minimum atomic E-state index is -5.64. The van der Waals surface area contributed by atoms with Crippen molar-refractivity contribution < 1.29 is 44.4 Å². The van der Waals surface area contributed by atoms with E-state index in [1.807, 2.05) is 19.6 Å². The molecule has 0 radical (unpaired) electrons. The molecular weight excluding hydrogens is 499 g/mol. The van der Waals surface area contributed by atoms with Crippen LogP contribution in [0, 0.1) is 5.41 Å². The average molecular weight is 541 g/mol. The number of rotatable bonds is 14. The zero-order valence-corrected chi connectivity index (χ0v) is 24.3. The molecule has 0 amide bonds. The highest BCUT2D eigenvalue weighted by molar-refractivity contribution is 6.76. The summed E-state index contributed by atoms with van der Waals surface area (Å²) in [4.78, 5) is 0. The summed E-state index contributed by atoms with van der Waals surface area (Å²) >= 11 is 0. The van der Waals surface area contributed by atoms with Crippen molar-refractivity contribution in [3.05, 3.63) is 0 Å². The van der Waals surface area contributed by atoms with Gasteiger partial charge in [-0.15, -0.1) is 0 Å². The molecule has 3 atom stereocenters. The molecule has 0 aromatic rings. The molecule has 1 aliphatic carbocycles. The molecule has 0 heterocycles. The molecule has 1 rings (SSSR count). The van der Waals surface area contributed by atoms with Gasteiger partial charge in [0.1, 0.15) is 6.61 Å². The first-order chi connectivity index (χ1) is 14.8. The summed E-state index contributed by atoms with van der Waals surface area (Å²) in [5, 5.41) is 0. The first-order valence-corrected chi connectivity index (χ1v) is 20.1. The largest absolute Gasteiger partial charge is 0.504 e. The molecule has 1 fully saturated rings. The molecule has 0 bridgehead atoms. The molecule has 3 unspecified atom stereocenters. The SMILES string of the molecule is CO[Si](OC)(OC)C1CCC1(C[Si](C)(C)C)C(CCOCC(F)(F)C(F)(F)F)O[Si](C)(C)C. The lowest BCUT2D eigenvalue weighted by molar-refractivity contribution is -0.297. The third-order valence-corrected chi connectivity index (χ3v) is 12.2. The van der Waals surface area contributed by atoms with E-state index in [4.69, 9.17) is 22.4 Å². The van der Waals surface area contributed by atoms with Gasteiger partial charge in [-0.3, -0.25) is 0 Å². The van der Waals surface area contributed by atoms with E-state index >= 15 is 0 Å². The maximum atomic E-state index is 13.3. The minimum Gasteiger partial charge on any atom is -0.414 e. The summed E-state index contributed by atoms with van der Waals surface area (Å²) in [6.45, 7) is 10.9. The molecule has 5 nitrogen and oxygen atoms in total. The van der Waals surface area contributed by atoms with Gasteiger partial charge in [0.05, 0.1) is 6.10 Å². The van der Waals surface area contributed by atoms with Crippen LogP contribution < -0.4 is 0 Å². The highest BCUT2D eigenvalue weighted by Crippen LogP contribution is 2.63. The van der Waals surface area contributed by atoms with Crippen LogP contribution in [0.5, 0.6) is 0 Å². The van der Waals surface area contributed by atoms with Crippen LogP contribution >= 0.6 is 0 Å². The van der Waals surface area contributed by atoms with Crippen LogP contribution in [0.15, 0.2) is 0 Å². The number of halogens is 5. The molecule has 0 spiro atoms. The normalized spacial score (nSPS) is 24.0. The van der Waals surface area contributed by atoms with E-state index < -0.39 is 43.9 Å². The van der Waals surface area contributed by atoms with Gasteiger partial charge in [-0.1, -0.05) is 19.6 Å². The fourth-order valence-corrected chi connectivity index (χ4v) is 12.0. The number of alkyl halides is 5. The fourth-order valence-electron chi connectivity index (χ4n) is 4.93. The van der Waals surface area contributed by atoms with Gasteiger partial charge in [0.2, 0.25) is 0 Å². The molecular formula is C20H41F5O5Si3. The van der Waals surface area contributed by atoms with Gasteiger partial charge in [0, 0.05) is 47.0 Å². The Bertz CT molecular complexity index is 612. The lowest BCUT2D eigenvalue weighted by Crippen LogP contribution is -2.64. The van der Waals surface area contributed by atoms with E-state index in [0.29, 0.717) is 0 Å². The van der Waals surface area contributed by atoms with E-state index in [2.05, 4.69) is 19.6 Å². The Balaban J connectivity index is 3.24. The van der Waals surface area contributed by atoms with Crippen LogP contribution in [0.25, 0.3) is 0 Å². The highest BCUT2D eigenvalue weighted by atomic mass is 28.4. The van der Waals surface area contributed by atoms with Crippen molar-refractivity contribution in [1.82, 2.24) is 0 Å². The van der Waals surface area contributed by atoms with E-state index in [-0.39, 0.29) is 30.1 Å². The molecule has 1 saturated carbocycles. The Morgan fingerprint density at radius 3 is 1.76 bits per heavy atom. The minimum absolute atomic E-state index is 0.0605. The summed E-state index contributed by atoms with van der Waals surface area (Å²) in [5.74, 6) is -4.89. The van der Waals surface area contributed by atoms with Gasteiger partial charge in [-0.05, 0) is 44.9 Å².